The molecular weight excluding hydrogens is 358 g/mol. The second-order valence-electron chi connectivity index (χ2n) is 5.91. The van der Waals surface area contributed by atoms with Crippen molar-refractivity contribution in [3.05, 3.63) is 65.6 Å². The highest BCUT2D eigenvalue weighted by molar-refractivity contribution is 7.89. The molecule has 0 fully saturated rings. The first-order chi connectivity index (χ1) is 12.1. The number of aromatic nitrogens is 2. The maximum atomic E-state index is 12.7. The quantitative estimate of drug-likeness (QED) is 0.712. The van der Waals surface area contributed by atoms with Crippen LogP contribution in [0.3, 0.4) is 0 Å². The Kier molecular flexibility index (Phi) is 4.11. The summed E-state index contributed by atoms with van der Waals surface area (Å²) in [6, 6.07) is 11.1. The Labute approximate surface area is 151 Å². The summed E-state index contributed by atoms with van der Waals surface area (Å²) in [6.07, 6.45) is 5.95. The third-order valence-electron chi connectivity index (χ3n) is 4.45. The summed E-state index contributed by atoms with van der Waals surface area (Å²) in [6.45, 7) is 0.788. The second-order valence-corrected chi connectivity index (χ2v) is 8.23. The number of pyridine rings is 1. The summed E-state index contributed by atoms with van der Waals surface area (Å²) in [7, 11) is -3.55. The van der Waals surface area contributed by atoms with E-state index in [2.05, 4.69) is 16.0 Å². The molecule has 0 aliphatic carbocycles. The summed E-state index contributed by atoms with van der Waals surface area (Å²) < 4.78 is 26.9. The summed E-state index contributed by atoms with van der Waals surface area (Å²) >= 11 is 5.74. The Morgan fingerprint density at radius 1 is 1.16 bits per heavy atom. The van der Waals surface area contributed by atoms with E-state index >= 15 is 0 Å². The molecule has 0 bridgehead atoms. The molecule has 1 aromatic carbocycles. The van der Waals surface area contributed by atoms with Gasteiger partial charge in [-0.15, -0.1) is 0 Å². The van der Waals surface area contributed by atoms with E-state index in [1.807, 2.05) is 30.5 Å². The molecule has 7 heteroatoms. The molecule has 0 unspecified atom stereocenters. The lowest BCUT2D eigenvalue weighted by Crippen LogP contribution is -2.34. The molecule has 0 spiro atoms. The van der Waals surface area contributed by atoms with Crippen LogP contribution in [0.2, 0.25) is 5.15 Å². The highest BCUT2D eigenvalue weighted by atomic mass is 35.5. The average Bonchev–Trinajstić information content (AvgIpc) is 3.06. The van der Waals surface area contributed by atoms with Crippen LogP contribution in [0.4, 0.5) is 0 Å². The van der Waals surface area contributed by atoms with Gasteiger partial charge in [-0.1, -0.05) is 35.9 Å². The lowest BCUT2D eigenvalue weighted by atomic mass is 10.00. The molecule has 0 saturated heterocycles. The van der Waals surface area contributed by atoms with Gasteiger partial charge in [0, 0.05) is 41.9 Å². The molecule has 3 aromatic rings. The van der Waals surface area contributed by atoms with Crippen molar-refractivity contribution in [1.29, 1.82) is 0 Å². The molecule has 0 radical (unpaired) electrons. The van der Waals surface area contributed by atoms with Gasteiger partial charge in [-0.05, 0) is 30.2 Å². The van der Waals surface area contributed by atoms with E-state index < -0.39 is 10.0 Å². The molecule has 4 rings (SSSR count). The lowest BCUT2D eigenvalue weighted by molar-refractivity contribution is 0.441. The van der Waals surface area contributed by atoms with E-state index in [0.717, 1.165) is 22.0 Å². The van der Waals surface area contributed by atoms with Crippen LogP contribution in [-0.2, 0) is 10.0 Å². The fourth-order valence-corrected chi connectivity index (χ4v) is 4.55. The largest absolute Gasteiger partial charge is 0.361 e. The highest BCUT2D eigenvalue weighted by Crippen LogP contribution is 2.30. The normalized spacial score (nSPS) is 16.1. The molecular formula is C18H16ClN3O2S. The smallest absolute Gasteiger partial charge is 0.244 e. The van der Waals surface area contributed by atoms with Crippen LogP contribution >= 0.6 is 11.6 Å². The van der Waals surface area contributed by atoms with Crippen LogP contribution in [0.15, 0.2) is 59.8 Å². The molecule has 0 saturated carbocycles. The number of sulfonamides is 1. The number of benzene rings is 1. The number of nitrogens with zero attached hydrogens (tertiary/aromatic N) is 2. The fourth-order valence-electron chi connectivity index (χ4n) is 3.11. The third-order valence-corrected chi connectivity index (χ3v) is 6.52. The van der Waals surface area contributed by atoms with Gasteiger partial charge in [-0.2, -0.15) is 4.31 Å². The topological polar surface area (TPSA) is 66.1 Å². The van der Waals surface area contributed by atoms with Crippen molar-refractivity contribution < 1.29 is 8.42 Å². The van der Waals surface area contributed by atoms with E-state index in [1.54, 1.807) is 0 Å². The van der Waals surface area contributed by atoms with Gasteiger partial charge in [-0.25, -0.2) is 13.4 Å². The van der Waals surface area contributed by atoms with Crippen molar-refractivity contribution in [2.24, 2.45) is 0 Å². The highest BCUT2D eigenvalue weighted by Gasteiger charge is 2.27. The monoisotopic (exact) mass is 373 g/mol. The molecule has 0 atom stereocenters. The predicted octanol–water partition coefficient (Wildman–Crippen LogP) is 3.69. The summed E-state index contributed by atoms with van der Waals surface area (Å²) in [5.41, 5.74) is 3.39. The molecule has 1 aliphatic heterocycles. The molecule has 0 amide bonds. The van der Waals surface area contributed by atoms with Crippen molar-refractivity contribution in [2.45, 2.75) is 11.3 Å². The van der Waals surface area contributed by atoms with E-state index in [1.165, 1.54) is 22.6 Å². The number of fused-ring (bicyclic) bond motifs is 1. The van der Waals surface area contributed by atoms with Crippen molar-refractivity contribution in [1.82, 2.24) is 14.3 Å². The Balaban J connectivity index is 1.60. The SMILES string of the molecule is O=S(=O)(c1ccc(Cl)nc1)N1CC=C(c2c[nH]c3ccccc23)CC1. The number of nitrogens with one attached hydrogen (secondary N) is 1. The zero-order valence-electron chi connectivity index (χ0n) is 13.3. The van der Waals surface area contributed by atoms with Crippen LogP contribution in [-0.4, -0.2) is 35.8 Å². The number of rotatable bonds is 3. The van der Waals surface area contributed by atoms with E-state index in [9.17, 15) is 8.42 Å². The fraction of sp³-hybridized carbons (Fsp3) is 0.167. The first-order valence-electron chi connectivity index (χ1n) is 7.93. The third kappa shape index (κ3) is 2.97. The van der Waals surface area contributed by atoms with Crippen LogP contribution < -0.4 is 0 Å². The number of halogens is 1. The van der Waals surface area contributed by atoms with Gasteiger partial charge in [-0.3, -0.25) is 0 Å². The minimum absolute atomic E-state index is 0.167. The molecule has 2 aromatic heterocycles. The molecule has 128 valence electrons. The Hall–Kier alpha value is -2.15. The van der Waals surface area contributed by atoms with Gasteiger partial charge in [0.05, 0.1) is 0 Å². The van der Waals surface area contributed by atoms with Gasteiger partial charge in [0.1, 0.15) is 10.0 Å². The zero-order chi connectivity index (χ0) is 17.4. The number of hydrogen-bond donors (Lipinski definition) is 1. The number of aromatic amines is 1. The number of H-pyrrole nitrogens is 1. The number of para-hydroxylation sites is 1. The maximum absolute atomic E-state index is 12.7. The van der Waals surface area contributed by atoms with Crippen molar-refractivity contribution >= 4 is 38.1 Å². The first kappa shape index (κ1) is 16.3. The van der Waals surface area contributed by atoms with E-state index in [4.69, 9.17) is 11.6 Å². The Morgan fingerprint density at radius 3 is 2.72 bits per heavy atom. The minimum Gasteiger partial charge on any atom is -0.361 e. The molecule has 5 nitrogen and oxygen atoms in total. The van der Waals surface area contributed by atoms with Gasteiger partial charge < -0.3 is 4.98 Å². The molecule has 1 N–H and O–H groups in total. The maximum Gasteiger partial charge on any atom is 0.244 e. The Morgan fingerprint density at radius 2 is 2.00 bits per heavy atom. The minimum atomic E-state index is -3.55. The van der Waals surface area contributed by atoms with Crippen LogP contribution in [0, 0.1) is 0 Å². The number of hydrogen-bond acceptors (Lipinski definition) is 3. The molecule has 1 aliphatic rings. The van der Waals surface area contributed by atoms with Crippen LogP contribution in [0.1, 0.15) is 12.0 Å². The average molecular weight is 374 g/mol. The van der Waals surface area contributed by atoms with Gasteiger partial charge in [0.15, 0.2) is 0 Å². The van der Waals surface area contributed by atoms with Gasteiger partial charge in [0.2, 0.25) is 10.0 Å². The van der Waals surface area contributed by atoms with Crippen molar-refractivity contribution in [3.63, 3.8) is 0 Å². The summed E-state index contributed by atoms with van der Waals surface area (Å²) in [5.74, 6) is 0. The zero-order valence-corrected chi connectivity index (χ0v) is 14.9. The van der Waals surface area contributed by atoms with Crippen molar-refractivity contribution in [3.8, 4) is 0 Å². The van der Waals surface area contributed by atoms with E-state index in [-0.39, 0.29) is 10.0 Å². The first-order valence-corrected chi connectivity index (χ1v) is 9.75. The van der Waals surface area contributed by atoms with Gasteiger partial charge in [0.25, 0.3) is 0 Å². The summed E-state index contributed by atoms with van der Waals surface area (Å²) in [4.78, 5) is 7.30. The molecule has 3 heterocycles. The van der Waals surface area contributed by atoms with Gasteiger partial charge >= 0.3 is 0 Å². The van der Waals surface area contributed by atoms with E-state index in [0.29, 0.717) is 19.5 Å². The standard InChI is InChI=1S/C18H16ClN3O2S/c19-18-6-5-14(11-21-18)25(23,24)22-9-7-13(8-10-22)16-12-20-17-4-2-1-3-15(16)17/h1-7,11-12,20H,8-10H2. The molecule has 25 heavy (non-hydrogen) atoms. The van der Waals surface area contributed by atoms with Crippen LogP contribution in [0.5, 0.6) is 0 Å². The predicted molar refractivity (Wildman–Crippen MR) is 98.9 cm³/mol. The Bertz CT molecular complexity index is 1060. The second kappa shape index (κ2) is 6.29. The lowest BCUT2D eigenvalue weighted by Gasteiger charge is -2.25. The van der Waals surface area contributed by atoms with Crippen LogP contribution in [0.25, 0.3) is 16.5 Å². The summed E-state index contributed by atoms with van der Waals surface area (Å²) in [5, 5.41) is 1.44. The van der Waals surface area contributed by atoms with Crippen molar-refractivity contribution in [2.75, 3.05) is 13.1 Å².